The lowest BCUT2D eigenvalue weighted by molar-refractivity contribution is 0.0731. The van der Waals surface area contributed by atoms with Gasteiger partial charge in [0.2, 0.25) is 6.79 Å². The minimum absolute atomic E-state index is 0.180. The van der Waals surface area contributed by atoms with Gasteiger partial charge in [0.1, 0.15) is 11.6 Å². The molecule has 0 atom stereocenters. The summed E-state index contributed by atoms with van der Waals surface area (Å²) in [6.07, 6.45) is 1.41. The van der Waals surface area contributed by atoms with Crippen molar-refractivity contribution in [3.8, 4) is 11.5 Å². The molecule has 0 bridgehead atoms. The lowest BCUT2D eigenvalue weighted by Crippen LogP contribution is -2.28. The van der Waals surface area contributed by atoms with Crippen LogP contribution in [0.25, 0.3) is 0 Å². The predicted octanol–water partition coefficient (Wildman–Crippen LogP) is 2.39. The molecule has 1 saturated carbocycles. The topological polar surface area (TPSA) is 67.7 Å². The smallest absolute Gasteiger partial charge is 0.231 e. The molecule has 0 spiro atoms. The van der Waals surface area contributed by atoms with Gasteiger partial charge < -0.3 is 19.5 Å². The van der Waals surface area contributed by atoms with Crippen molar-refractivity contribution >= 4 is 5.82 Å². The van der Waals surface area contributed by atoms with Crippen molar-refractivity contribution in [3.63, 3.8) is 0 Å². The van der Waals surface area contributed by atoms with Crippen LogP contribution in [-0.2, 0) is 6.54 Å². The fourth-order valence-corrected chi connectivity index (χ4v) is 3.20. The molecule has 1 aromatic heterocycles. The van der Waals surface area contributed by atoms with Gasteiger partial charge >= 0.3 is 0 Å². The van der Waals surface area contributed by atoms with Crippen LogP contribution in [0, 0.1) is 6.92 Å². The molecule has 1 aromatic carbocycles. The quantitative estimate of drug-likeness (QED) is 0.930. The molecular weight excluding hydrogens is 306 g/mol. The second-order valence-electron chi connectivity index (χ2n) is 6.56. The Labute approximate surface area is 141 Å². The monoisotopic (exact) mass is 327 g/mol. The lowest BCUT2D eigenvalue weighted by Gasteiger charge is -2.31. The third-order valence-electron chi connectivity index (χ3n) is 4.62. The minimum atomic E-state index is -0.180. The Kier molecular flexibility index (Phi) is 3.76. The third-order valence-corrected chi connectivity index (χ3v) is 4.62. The van der Waals surface area contributed by atoms with Gasteiger partial charge in [-0.25, -0.2) is 9.97 Å². The summed E-state index contributed by atoms with van der Waals surface area (Å²) in [5, 5.41) is 9.52. The van der Waals surface area contributed by atoms with Crippen LogP contribution in [0.5, 0.6) is 11.5 Å². The predicted molar refractivity (Wildman–Crippen MR) is 89.4 cm³/mol. The molecule has 4 rings (SSSR count). The van der Waals surface area contributed by atoms with Crippen LogP contribution in [0.1, 0.15) is 35.8 Å². The van der Waals surface area contributed by atoms with Gasteiger partial charge in [0.25, 0.3) is 0 Å². The van der Waals surface area contributed by atoms with Crippen molar-refractivity contribution in [1.29, 1.82) is 0 Å². The van der Waals surface area contributed by atoms with E-state index < -0.39 is 0 Å². The summed E-state index contributed by atoms with van der Waals surface area (Å²) in [5.41, 5.74) is 2.17. The Balaban J connectivity index is 1.52. The number of fused-ring (bicyclic) bond motifs is 1. The van der Waals surface area contributed by atoms with Gasteiger partial charge in [-0.15, -0.1) is 0 Å². The van der Waals surface area contributed by atoms with E-state index in [0.29, 0.717) is 5.92 Å². The van der Waals surface area contributed by atoms with Crippen molar-refractivity contribution in [2.24, 2.45) is 0 Å². The Morgan fingerprint density at radius 1 is 1.17 bits per heavy atom. The number of aliphatic hydroxyl groups excluding tert-OH is 1. The molecule has 0 amide bonds. The van der Waals surface area contributed by atoms with Crippen molar-refractivity contribution in [3.05, 3.63) is 41.3 Å². The number of ether oxygens (including phenoxy) is 2. The fourth-order valence-electron chi connectivity index (χ4n) is 3.20. The number of benzene rings is 1. The highest BCUT2D eigenvalue weighted by Crippen LogP contribution is 2.37. The summed E-state index contributed by atoms with van der Waals surface area (Å²) >= 11 is 0. The van der Waals surface area contributed by atoms with E-state index in [-0.39, 0.29) is 12.9 Å². The molecule has 2 heterocycles. The van der Waals surface area contributed by atoms with E-state index in [0.717, 1.165) is 53.8 Å². The number of anilines is 1. The summed E-state index contributed by atoms with van der Waals surface area (Å²) in [5.74, 6) is 3.60. The molecule has 2 aliphatic rings. The summed E-state index contributed by atoms with van der Waals surface area (Å²) < 4.78 is 10.8. The zero-order valence-corrected chi connectivity index (χ0v) is 13.9. The zero-order valence-electron chi connectivity index (χ0n) is 13.9. The van der Waals surface area contributed by atoms with E-state index in [1.807, 2.05) is 38.2 Å². The van der Waals surface area contributed by atoms with Gasteiger partial charge in [-0.2, -0.15) is 0 Å². The van der Waals surface area contributed by atoms with Crippen molar-refractivity contribution in [2.75, 3.05) is 18.7 Å². The average Bonchev–Trinajstić information content (AvgIpc) is 2.99. The second kappa shape index (κ2) is 5.94. The first-order valence-electron chi connectivity index (χ1n) is 8.22. The number of aryl methyl sites for hydroxylation is 1. The van der Waals surface area contributed by atoms with Crippen LogP contribution in [-0.4, -0.2) is 35.0 Å². The first kappa shape index (κ1) is 15.2. The molecule has 2 aromatic rings. The normalized spacial score (nSPS) is 21.5. The van der Waals surface area contributed by atoms with Gasteiger partial charge in [-0.05, 0) is 37.5 Å². The highest BCUT2D eigenvalue weighted by molar-refractivity contribution is 5.47. The van der Waals surface area contributed by atoms with Gasteiger partial charge in [0.15, 0.2) is 11.5 Å². The van der Waals surface area contributed by atoms with Gasteiger partial charge in [0.05, 0.1) is 6.10 Å². The number of hydrogen-bond donors (Lipinski definition) is 1. The molecular formula is C18H21N3O3. The second-order valence-corrected chi connectivity index (χ2v) is 6.56. The van der Waals surface area contributed by atoms with Crippen molar-refractivity contribution < 1.29 is 14.6 Å². The molecule has 0 unspecified atom stereocenters. The van der Waals surface area contributed by atoms with E-state index in [1.54, 1.807) is 0 Å². The van der Waals surface area contributed by atoms with Crippen LogP contribution in [0.3, 0.4) is 0 Å². The van der Waals surface area contributed by atoms with Crippen LogP contribution in [0.4, 0.5) is 5.82 Å². The Bertz CT molecular complexity index is 759. The van der Waals surface area contributed by atoms with Gasteiger partial charge in [0, 0.05) is 31.3 Å². The number of hydrogen-bond acceptors (Lipinski definition) is 6. The molecule has 0 saturated heterocycles. The van der Waals surface area contributed by atoms with Gasteiger partial charge in [-0.3, -0.25) is 0 Å². The number of aliphatic hydroxyl groups is 1. The van der Waals surface area contributed by atoms with Crippen molar-refractivity contribution in [2.45, 2.75) is 38.3 Å². The maximum Gasteiger partial charge on any atom is 0.231 e. The third kappa shape index (κ3) is 2.89. The van der Waals surface area contributed by atoms with E-state index in [1.165, 1.54) is 0 Å². The molecule has 6 nitrogen and oxygen atoms in total. The molecule has 1 fully saturated rings. The number of aromatic nitrogens is 2. The van der Waals surface area contributed by atoms with E-state index >= 15 is 0 Å². The van der Waals surface area contributed by atoms with E-state index in [2.05, 4.69) is 14.9 Å². The Morgan fingerprint density at radius 3 is 2.75 bits per heavy atom. The first-order valence-corrected chi connectivity index (χ1v) is 8.22. The summed E-state index contributed by atoms with van der Waals surface area (Å²) in [6.45, 7) is 2.92. The molecule has 0 radical (unpaired) electrons. The van der Waals surface area contributed by atoms with Crippen molar-refractivity contribution in [1.82, 2.24) is 9.97 Å². The van der Waals surface area contributed by atoms with Crippen LogP contribution >= 0.6 is 0 Å². The molecule has 126 valence electrons. The largest absolute Gasteiger partial charge is 0.454 e. The highest BCUT2D eigenvalue weighted by atomic mass is 16.7. The lowest BCUT2D eigenvalue weighted by atomic mass is 9.80. The zero-order chi connectivity index (χ0) is 16.7. The highest BCUT2D eigenvalue weighted by Gasteiger charge is 2.30. The molecule has 6 heteroatoms. The summed E-state index contributed by atoms with van der Waals surface area (Å²) in [7, 11) is 2.02. The molecule has 24 heavy (non-hydrogen) atoms. The number of nitrogens with zero attached hydrogens (tertiary/aromatic N) is 3. The molecule has 1 aliphatic carbocycles. The Hall–Kier alpha value is -2.34. The van der Waals surface area contributed by atoms with E-state index in [9.17, 15) is 5.11 Å². The van der Waals surface area contributed by atoms with Crippen LogP contribution < -0.4 is 14.4 Å². The minimum Gasteiger partial charge on any atom is -0.454 e. The first-order chi connectivity index (χ1) is 11.6. The maximum absolute atomic E-state index is 9.52. The maximum atomic E-state index is 9.52. The Morgan fingerprint density at radius 2 is 1.96 bits per heavy atom. The van der Waals surface area contributed by atoms with Gasteiger partial charge in [-0.1, -0.05) is 6.07 Å². The standard InChI is InChI=1S/C18H21N3O3/c1-11-19-15(13-6-14(22)7-13)8-18(20-11)21(2)9-12-3-4-16-17(5-12)24-10-23-16/h3-5,8,13-14,22H,6-7,9-10H2,1-2H3. The molecule has 1 aliphatic heterocycles. The van der Waals surface area contributed by atoms with E-state index in [4.69, 9.17) is 9.47 Å². The number of rotatable bonds is 4. The average molecular weight is 327 g/mol. The molecule has 1 N–H and O–H groups in total. The summed E-state index contributed by atoms with van der Waals surface area (Å²) in [4.78, 5) is 11.2. The SMILES string of the molecule is Cc1nc(C2CC(O)C2)cc(N(C)Cc2ccc3c(c2)OCO3)n1. The summed E-state index contributed by atoms with van der Waals surface area (Å²) in [6, 6.07) is 8.03. The van der Waals surface area contributed by atoms with Crippen LogP contribution in [0.15, 0.2) is 24.3 Å². The van der Waals surface area contributed by atoms with Crippen LogP contribution in [0.2, 0.25) is 0 Å². The fraction of sp³-hybridized carbons (Fsp3) is 0.444.